The first kappa shape index (κ1) is 30.5. The molecule has 0 aliphatic carbocycles. The Kier molecular flexibility index (Phi) is 9.71. The summed E-state index contributed by atoms with van der Waals surface area (Å²) >= 11 is 12.9. The molecule has 1 aliphatic heterocycles. The van der Waals surface area contributed by atoms with Crippen molar-refractivity contribution >= 4 is 40.9 Å². The van der Waals surface area contributed by atoms with Crippen molar-refractivity contribution < 1.29 is 23.7 Å². The highest BCUT2D eigenvalue weighted by Gasteiger charge is 2.28. The predicted octanol–water partition coefficient (Wildman–Crippen LogP) is 7.55. The quantitative estimate of drug-likeness (QED) is 0.282. The van der Waals surface area contributed by atoms with Crippen LogP contribution < -0.4 is 19.5 Å². The highest BCUT2D eigenvalue weighted by atomic mass is 35.5. The molecule has 0 saturated carbocycles. The molecule has 1 saturated heterocycles. The first-order valence-corrected chi connectivity index (χ1v) is 14.1. The summed E-state index contributed by atoms with van der Waals surface area (Å²) in [6.45, 7) is 8.96. The van der Waals surface area contributed by atoms with E-state index in [1.165, 1.54) is 0 Å². The number of methoxy groups -OCH3 is 2. The number of ether oxygens (including phenoxy) is 4. The van der Waals surface area contributed by atoms with Crippen LogP contribution in [-0.2, 0) is 11.3 Å². The molecule has 1 fully saturated rings. The van der Waals surface area contributed by atoms with Crippen LogP contribution in [0.1, 0.15) is 56.2 Å². The third-order valence-electron chi connectivity index (χ3n) is 6.76. The second kappa shape index (κ2) is 13.0. The van der Waals surface area contributed by atoms with Gasteiger partial charge in [-0.2, -0.15) is 0 Å². The van der Waals surface area contributed by atoms with Gasteiger partial charge in [0.05, 0.1) is 42.3 Å². The summed E-state index contributed by atoms with van der Waals surface area (Å²) in [4.78, 5) is 22.9. The molecule has 0 spiro atoms. The topological polar surface area (TPSA) is 95.0 Å². The Balaban J connectivity index is 1.37. The van der Waals surface area contributed by atoms with Crippen LogP contribution >= 0.6 is 23.2 Å². The molecule has 9 nitrogen and oxygen atoms in total. The molecule has 11 heteroatoms. The Hall–Kier alpha value is -3.43. The summed E-state index contributed by atoms with van der Waals surface area (Å²) < 4.78 is 22.4. The lowest BCUT2D eigenvalue weighted by molar-refractivity contribution is 0.0205. The van der Waals surface area contributed by atoms with Gasteiger partial charge in [-0.3, -0.25) is 0 Å². The average Bonchev–Trinajstić information content (AvgIpc) is 2.95. The number of hydrogen-bond acceptors (Lipinski definition) is 8. The SMILES string of the molecule is COc1cc(C2CCN(C(=O)OC(C)(C)C)CC2)ccc1Nc1ncc(OCc2c(Cl)c(C)cc(OC)c2Cl)cn1. The molecule has 2 aromatic carbocycles. The standard InChI is InChI=1S/C30H36Cl2N4O5/c1-18-13-25(39-6)27(32)22(26(18)31)17-40-21-15-33-28(34-16-21)35-23-8-7-20(14-24(23)38-5)19-9-11-36(12-10-19)29(37)41-30(2,3)4/h7-8,13-16,19H,9-12,17H2,1-6H3,(H,33,34,35). The number of aryl methyl sites for hydroxylation is 1. The van der Waals surface area contributed by atoms with E-state index in [1.54, 1.807) is 37.6 Å². The van der Waals surface area contributed by atoms with E-state index in [4.69, 9.17) is 42.1 Å². The van der Waals surface area contributed by atoms with Crippen molar-refractivity contribution in [2.45, 2.75) is 58.7 Å². The van der Waals surface area contributed by atoms with E-state index in [0.29, 0.717) is 57.8 Å². The highest BCUT2D eigenvalue weighted by molar-refractivity contribution is 6.37. The minimum Gasteiger partial charge on any atom is -0.495 e. The zero-order chi connectivity index (χ0) is 29.7. The lowest BCUT2D eigenvalue weighted by Crippen LogP contribution is -2.41. The van der Waals surface area contributed by atoms with Gasteiger partial charge in [-0.1, -0.05) is 29.3 Å². The molecule has 1 aliphatic rings. The number of likely N-dealkylation sites (tertiary alicyclic amines) is 1. The number of nitrogens with one attached hydrogen (secondary N) is 1. The number of aromatic nitrogens is 2. The fourth-order valence-electron chi connectivity index (χ4n) is 4.60. The highest BCUT2D eigenvalue weighted by Crippen LogP contribution is 2.37. The maximum Gasteiger partial charge on any atom is 0.410 e. The minimum absolute atomic E-state index is 0.137. The van der Waals surface area contributed by atoms with Gasteiger partial charge in [0.1, 0.15) is 23.7 Å². The number of carbonyl (C=O) groups is 1. The number of nitrogens with zero attached hydrogens (tertiary/aromatic N) is 3. The van der Waals surface area contributed by atoms with Crippen LogP contribution in [0.2, 0.25) is 10.0 Å². The molecule has 41 heavy (non-hydrogen) atoms. The van der Waals surface area contributed by atoms with E-state index in [2.05, 4.69) is 21.4 Å². The minimum atomic E-state index is -0.500. The number of benzene rings is 2. The van der Waals surface area contributed by atoms with Crippen molar-refractivity contribution in [3.63, 3.8) is 0 Å². The van der Waals surface area contributed by atoms with Crippen LogP contribution in [0.5, 0.6) is 17.2 Å². The number of anilines is 2. The van der Waals surface area contributed by atoms with Gasteiger partial charge in [0, 0.05) is 18.7 Å². The zero-order valence-electron chi connectivity index (χ0n) is 24.2. The van der Waals surface area contributed by atoms with Gasteiger partial charge >= 0.3 is 6.09 Å². The molecule has 0 unspecified atom stereocenters. The third-order valence-corrected chi connectivity index (χ3v) is 7.70. The number of halogens is 2. The van der Waals surface area contributed by atoms with Crippen molar-refractivity contribution in [3.8, 4) is 17.2 Å². The molecule has 1 aromatic heterocycles. The first-order chi connectivity index (χ1) is 19.5. The number of rotatable bonds is 8. The van der Waals surface area contributed by atoms with Gasteiger partial charge in [0.25, 0.3) is 0 Å². The smallest absolute Gasteiger partial charge is 0.410 e. The molecule has 0 atom stereocenters. The molecule has 0 bridgehead atoms. The Morgan fingerprint density at radius 2 is 1.68 bits per heavy atom. The fraction of sp³-hybridized carbons (Fsp3) is 0.433. The zero-order valence-corrected chi connectivity index (χ0v) is 25.7. The second-order valence-electron chi connectivity index (χ2n) is 10.9. The number of hydrogen-bond donors (Lipinski definition) is 1. The number of piperidine rings is 1. The molecule has 220 valence electrons. The second-order valence-corrected chi connectivity index (χ2v) is 11.6. The van der Waals surface area contributed by atoms with Crippen molar-refractivity contribution in [2.75, 3.05) is 32.6 Å². The largest absolute Gasteiger partial charge is 0.495 e. The van der Waals surface area contributed by atoms with Crippen LogP contribution in [0, 0.1) is 6.92 Å². The molecule has 3 aromatic rings. The van der Waals surface area contributed by atoms with E-state index in [-0.39, 0.29) is 12.7 Å². The molecule has 4 rings (SSSR count). The lowest BCUT2D eigenvalue weighted by Gasteiger charge is -2.33. The summed E-state index contributed by atoms with van der Waals surface area (Å²) in [5.41, 5.74) is 2.87. The van der Waals surface area contributed by atoms with Crippen LogP contribution in [-0.4, -0.2) is 53.9 Å². The van der Waals surface area contributed by atoms with Gasteiger partial charge in [-0.25, -0.2) is 14.8 Å². The van der Waals surface area contributed by atoms with Gasteiger partial charge < -0.3 is 29.2 Å². The van der Waals surface area contributed by atoms with Crippen molar-refractivity contribution in [1.82, 2.24) is 14.9 Å². The van der Waals surface area contributed by atoms with Gasteiger partial charge in [0.15, 0.2) is 5.75 Å². The van der Waals surface area contributed by atoms with E-state index in [1.807, 2.05) is 39.8 Å². The van der Waals surface area contributed by atoms with Crippen LogP contribution in [0.15, 0.2) is 36.7 Å². The number of carbonyl (C=O) groups excluding carboxylic acids is 1. The summed E-state index contributed by atoms with van der Waals surface area (Å²) in [6, 6.07) is 7.84. The van der Waals surface area contributed by atoms with E-state index in [9.17, 15) is 4.79 Å². The average molecular weight is 604 g/mol. The lowest BCUT2D eigenvalue weighted by atomic mass is 9.89. The Morgan fingerprint density at radius 1 is 1.02 bits per heavy atom. The van der Waals surface area contributed by atoms with Crippen molar-refractivity contribution in [3.05, 3.63) is 63.4 Å². The van der Waals surface area contributed by atoms with E-state index in [0.717, 1.165) is 29.7 Å². The Labute approximate surface area is 251 Å². The molecule has 0 radical (unpaired) electrons. The van der Waals surface area contributed by atoms with Gasteiger partial charge in [-0.15, -0.1) is 0 Å². The maximum atomic E-state index is 12.4. The van der Waals surface area contributed by atoms with E-state index >= 15 is 0 Å². The molecule has 1 N–H and O–H groups in total. The summed E-state index contributed by atoms with van der Waals surface area (Å²) in [7, 11) is 3.18. The van der Waals surface area contributed by atoms with Gasteiger partial charge in [0.2, 0.25) is 5.95 Å². The fourth-order valence-corrected chi connectivity index (χ4v) is 5.13. The predicted molar refractivity (Wildman–Crippen MR) is 160 cm³/mol. The maximum absolute atomic E-state index is 12.4. The monoisotopic (exact) mass is 602 g/mol. The third kappa shape index (κ3) is 7.65. The van der Waals surface area contributed by atoms with Crippen LogP contribution in [0.25, 0.3) is 0 Å². The summed E-state index contributed by atoms with van der Waals surface area (Å²) in [5.74, 6) is 2.39. The Morgan fingerprint density at radius 3 is 2.29 bits per heavy atom. The molecular formula is C30H36Cl2N4O5. The van der Waals surface area contributed by atoms with Crippen LogP contribution in [0.3, 0.4) is 0 Å². The van der Waals surface area contributed by atoms with Crippen molar-refractivity contribution in [2.24, 2.45) is 0 Å². The molecular weight excluding hydrogens is 567 g/mol. The normalized spacial score (nSPS) is 14.0. The molecule has 1 amide bonds. The molecule has 2 heterocycles. The number of amides is 1. The van der Waals surface area contributed by atoms with Crippen molar-refractivity contribution in [1.29, 1.82) is 0 Å². The first-order valence-electron chi connectivity index (χ1n) is 13.4. The van der Waals surface area contributed by atoms with Gasteiger partial charge in [-0.05, 0) is 75.8 Å². The summed E-state index contributed by atoms with van der Waals surface area (Å²) in [6.07, 6.45) is 4.59. The summed E-state index contributed by atoms with van der Waals surface area (Å²) in [5, 5.41) is 4.14. The van der Waals surface area contributed by atoms with Crippen LogP contribution in [0.4, 0.5) is 16.4 Å². The Bertz CT molecular complexity index is 1370. The van der Waals surface area contributed by atoms with E-state index < -0.39 is 5.60 Å².